The van der Waals surface area contributed by atoms with Gasteiger partial charge in [0.05, 0.1) is 18.5 Å². The summed E-state index contributed by atoms with van der Waals surface area (Å²) in [4.78, 5) is 4.55. The quantitative estimate of drug-likeness (QED) is 0.818. The van der Waals surface area contributed by atoms with Crippen molar-refractivity contribution in [3.05, 3.63) is 24.0 Å². The highest BCUT2D eigenvalue weighted by Crippen LogP contribution is 2.21. The summed E-state index contributed by atoms with van der Waals surface area (Å²) in [5.74, 6) is 0.650. The third-order valence-electron chi connectivity index (χ3n) is 2.52. The maximum atomic E-state index is 5.50. The van der Waals surface area contributed by atoms with Crippen LogP contribution in [0.15, 0.2) is 18.3 Å². The Labute approximate surface area is 102 Å². The molecule has 0 atom stereocenters. The molecule has 0 aromatic carbocycles. The van der Waals surface area contributed by atoms with Gasteiger partial charge in [-0.2, -0.15) is 0 Å². The lowest BCUT2D eigenvalue weighted by Crippen LogP contribution is -2.11. The average Bonchev–Trinajstić information content (AvgIpc) is 2.68. The van der Waals surface area contributed by atoms with Crippen LogP contribution < -0.4 is 4.74 Å². The van der Waals surface area contributed by atoms with Crippen molar-refractivity contribution in [2.45, 2.75) is 39.5 Å². The molecule has 0 saturated heterocycles. The third kappa shape index (κ3) is 2.57. The van der Waals surface area contributed by atoms with Crippen LogP contribution in [0.2, 0.25) is 0 Å². The molecule has 2 aromatic heterocycles. The van der Waals surface area contributed by atoms with Gasteiger partial charge in [0.1, 0.15) is 0 Å². The molecule has 0 spiro atoms. The van der Waals surface area contributed by atoms with Crippen molar-refractivity contribution < 1.29 is 4.74 Å². The van der Waals surface area contributed by atoms with Gasteiger partial charge in [0.2, 0.25) is 5.88 Å². The van der Waals surface area contributed by atoms with Gasteiger partial charge in [-0.15, -0.1) is 5.10 Å². The molecule has 0 aliphatic rings. The maximum Gasteiger partial charge on any atom is 0.231 e. The Balaban J connectivity index is 2.34. The Hall–Kier alpha value is -1.58. The van der Waals surface area contributed by atoms with Gasteiger partial charge in [0.15, 0.2) is 5.65 Å². The molecule has 92 valence electrons. The maximum absolute atomic E-state index is 5.50. The van der Waals surface area contributed by atoms with Crippen LogP contribution in [0.1, 0.15) is 39.8 Å². The number of hydrogen-bond donors (Lipinski definition) is 0. The minimum atomic E-state index is 0.0398. The van der Waals surface area contributed by atoms with Crippen LogP contribution in [-0.4, -0.2) is 21.2 Å². The molecule has 0 aliphatic carbocycles. The Morgan fingerprint density at radius 2 is 2.06 bits per heavy atom. The van der Waals surface area contributed by atoms with Crippen LogP contribution in [0.5, 0.6) is 5.88 Å². The lowest BCUT2D eigenvalue weighted by molar-refractivity contribution is 0.300. The number of nitrogens with zero attached hydrogens (tertiary/aromatic N) is 3. The molecule has 2 heterocycles. The second kappa shape index (κ2) is 4.35. The Bertz CT molecular complexity index is 511. The average molecular weight is 233 g/mol. The first-order chi connectivity index (χ1) is 8.00. The molecule has 4 heteroatoms. The zero-order valence-electron chi connectivity index (χ0n) is 10.9. The van der Waals surface area contributed by atoms with E-state index in [4.69, 9.17) is 4.74 Å². The Morgan fingerprint density at radius 3 is 2.71 bits per heavy atom. The van der Waals surface area contributed by atoms with Gasteiger partial charge < -0.3 is 4.74 Å². The fourth-order valence-corrected chi connectivity index (χ4v) is 1.51. The molecule has 0 N–H and O–H groups in total. The topological polar surface area (TPSA) is 39.4 Å². The normalized spacial score (nSPS) is 12.0. The Kier molecular flexibility index (Phi) is 3.05. The van der Waals surface area contributed by atoms with Gasteiger partial charge in [0, 0.05) is 11.5 Å². The molecule has 2 rings (SSSR count). The van der Waals surface area contributed by atoms with E-state index in [1.54, 1.807) is 4.52 Å². The number of ether oxygens (including phenoxy) is 1. The summed E-state index contributed by atoms with van der Waals surface area (Å²) in [5, 5.41) is 4.38. The van der Waals surface area contributed by atoms with Crippen LogP contribution in [0, 0.1) is 0 Å². The summed E-state index contributed by atoms with van der Waals surface area (Å²) >= 11 is 0. The first-order valence-electron chi connectivity index (χ1n) is 6.00. The number of rotatable bonds is 3. The highest BCUT2D eigenvalue weighted by molar-refractivity contribution is 5.40. The highest BCUT2D eigenvalue weighted by Gasteiger charge is 2.17. The fourth-order valence-electron chi connectivity index (χ4n) is 1.51. The number of aromatic nitrogens is 3. The first kappa shape index (κ1) is 11.9. The van der Waals surface area contributed by atoms with Gasteiger partial charge in [-0.3, -0.25) is 0 Å². The molecule has 0 fully saturated rings. The minimum Gasteiger partial charge on any atom is -0.477 e. The van der Waals surface area contributed by atoms with E-state index in [-0.39, 0.29) is 5.41 Å². The summed E-state index contributed by atoms with van der Waals surface area (Å²) in [7, 11) is 0. The molecule has 0 bridgehead atoms. The summed E-state index contributed by atoms with van der Waals surface area (Å²) in [6.45, 7) is 9.20. The van der Waals surface area contributed by atoms with Crippen molar-refractivity contribution in [2.75, 3.05) is 6.61 Å². The Morgan fingerprint density at radius 1 is 1.29 bits per heavy atom. The monoisotopic (exact) mass is 233 g/mol. The van der Waals surface area contributed by atoms with Crippen LogP contribution in [0.4, 0.5) is 0 Å². The number of imidazole rings is 1. The molecular weight excluding hydrogens is 214 g/mol. The summed E-state index contributed by atoms with van der Waals surface area (Å²) in [5.41, 5.74) is 1.94. The lowest BCUT2D eigenvalue weighted by Gasteiger charge is -2.13. The van der Waals surface area contributed by atoms with Gasteiger partial charge in [0.25, 0.3) is 0 Å². The number of hydrogen-bond acceptors (Lipinski definition) is 3. The molecule has 0 saturated carbocycles. The number of fused-ring (bicyclic) bond motifs is 1. The SMILES string of the molecule is CCCOc1ccc2nc(C(C)(C)C)cn2n1. The largest absolute Gasteiger partial charge is 0.477 e. The van der Waals surface area contributed by atoms with Crippen molar-refractivity contribution in [3.63, 3.8) is 0 Å². The summed E-state index contributed by atoms with van der Waals surface area (Å²) in [6, 6.07) is 3.80. The predicted octanol–water partition coefficient (Wildman–Crippen LogP) is 2.82. The third-order valence-corrected chi connectivity index (χ3v) is 2.52. The van der Waals surface area contributed by atoms with Crippen LogP contribution in [0.3, 0.4) is 0 Å². The van der Waals surface area contributed by atoms with Crippen molar-refractivity contribution in [3.8, 4) is 5.88 Å². The lowest BCUT2D eigenvalue weighted by atomic mass is 9.93. The zero-order valence-corrected chi connectivity index (χ0v) is 10.9. The van der Waals surface area contributed by atoms with E-state index in [2.05, 4.69) is 37.8 Å². The van der Waals surface area contributed by atoms with E-state index in [0.717, 1.165) is 17.8 Å². The molecule has 17 heavy (non-hydrogen) atoms. The van der Waals surface area contributed by atoms with Crippen molar-refractivity contribution >= 4 is 5.65 Å². The van der Waals surface area contributed by atoms with E-state index in [9.17, 15) is 0 Å². The molecular formula is C13H19N3O. The van der Waals surface area contributed by atoms with Gasteiger partial charge >= 0.3 is 0 Å². The van der Waals surface area contributed by atoms with Gasteiger partial charge in [-0.1, -0.05) is 27.7 Å². The van der Waals surface area contributed by atoms with E-state index in [0.29, 0.717) is 12.5 Å². The molecule has 4 nitrogen and oxygen atoms in total. The van der Waals surface area contributed by atoms with Crippen molar-refractivity contribution in [1.82, 2.24) is 14.6 Å². The van der Waals surface area contributed by atoms with Crippen molar-refractivity contribution in [2.24, 2.45) is 0 Å². The summed E-state index contributed by atoms with van der Waals surface area (Å²) < 4.78 is 7.28. The zero-order chi connectivity index (χ0) is 12.5. The predicted molar refractivity (Wildman–Crippen MR) is 67.5 cm³/mol. The van der Waals surface area contributed by atoms with Crippen LogP contribution >= 0.6 is 0 Å². The highest BCUT2D eigenvalue weighted by atomic mass is 16.5. The fraction of sp³-hybridized carbons (Fsp3) is 0.538. The molecule has 2 aromatic rings. The van der Waals surface area contributed by atoms with Crippen LogP contribution in [-0.2, 0) is 5.41 Å². The molecule has 0 unspecified atom stereocenters. The van der Waals surface area contributed by atoms with Gasteiger partial charge in [-0.05, 0) is 12.5 Å². The molecule has 0 aliphatic heterocycles. The standard InChI is InChI=1S/C13H19N3O/c1-5-8-17-12-7-6-11-14-10(13(2,3)4)9-16(11)15-12/h6-7,9H,5,8H2,1-4H3. The van der Waals surface area contributed by atoms with E-state index < -0.39 is 0 Å². The molecule has 0 radical (unpaired) electrons. The smallest absolute Gasteiger partial charge is 0.231 e. The van der Waals surface area contributed by atoms with Crippen LogP contribution in [0.25, 0.3) is 5.65 Å². The first-order valence-corrected chi connectivity index (χ1v) is 6.00. The van der Waals surface area contributed by atoms with Gasteiger partial charge in [-0.25, -0.2) is 9.50 Å². The minimum absolute atomic E-state index is 0.0398. The summed E-state index contributed by atoms with van der Waals surface area (Å²) in [6.07, 6.45) is 2.95. The van der Waals surface area contributed by atoms with E-state index >= 15 is 0 Å². The second-order valence-corrected chi connectivity index (χ2v) is 5.20. The molecule has 0 amide bonds. The van der Waals surface area contributed by atoms with E-state index in [1.807, 2.05) is 18.3 Å². The van der Waals surface area contributed by atoms with Crippen molar-refractivity contribution in [1.29, 1.82) is 0 Å². The van der Waals surface area contributed by atoms with E-state index in [1.165, 1.54) is 0 Å². The second-order valence-electron chi connectivity index (χ2n) is 5.20.